The summed E-state index contributed by atoms with van der Waals surface area (Å²) in [5.74, 6) is 0. The van der Waals surface area contributed by atoms with Crippen LogP contribution in [-0.2, 0) is 6.54 Å². The Morgan fingerprint density at radius 3 is 2.83 bits per heavy atom. The zero-order valence-corrected chi connectivity index (χ0v) is 11.9. The Labute approximate surface area is 115 Å². The van der Waals surface area contributed by atoms with Crippen LogP contribution in [0.3, 0.4) is 0 Å². The molecule has 2 aromatic rings. The molecule has 1 aromatic heterocycles. The van der Waals surface area contributed by atoms with Gasteiger partial charge in [-0.3, -0.25) is 9.58 Å². The number of nitrogens with zero attached hydrogens (tertiary/aromatic N) is 3. The van der Waals surface area contributed by atoms with Gasteiger partial charge in [0.1, 0.15) is 0 Å². The molecular weight excluding hydrogens is 292 g/mol. The van der Waals surface area contributed by atoms with E-state index in [1.807, 2.05) is 6.07 Å². The van der Waals surface area contributed by atoms with Gasteiger partial charge in [0, 0.05) is 48.8 Å². The fourth-order valence-electron chi connectivity index (χ4n) is 2.35. The molecule has 2 heterocycles. The molecule has 5 heteroatoms. The zero-order chi connectivity index (χ0) is 12.4. The maximum absolute atomic E-state index is 4.60. The summed E-state index contributed by atoms with van der Waals surface area (Å²) in [5, 5.41) is 9.17. The molecule has 0 radical (unpaired) electrons. The normalized spacial score (nSPS) is 17.4. The van der Waals surface area contributed by atoms with Crippen molar-refractivity contribution in [1.82, 2.24) is 20.0 Å². The van der Waals surface area contributed by atoms with Crippen LogP contribution in [0.5, 0.6) is 0 Å². The van der Waals surface area contributed by atoms with Crippen LogP contribution >= 0.6 is 15.9 Å². The third-order valence-electron chi connectivity index (χ3n) is 3.40. The Morgan fingerprint density at radius 1 is 1.22 bits per heavy atom. The minimum atomic E-state index is 0.959. The fraction of sp³-hybridized carbons (Fsp3) is 0.462. The van der Waals surface area contributed by atoms with Crippen molar-refractivity contribution in [3.8, 4) is 0 Å². The minimum absolute atomic E-state index is 0.959. The zero-order valence-electron chi connectivity index (χ0n) is 10.3. The Morgan fingerprint density at radius 2 is 2.06 bits per heavy atom. The van der Waals surface area contributed by atoms with Gasteiger partial charge in [-0.25, -0.2) is 0 Å². The number of hydrogen-bond donors (Lipinski definition) is 1. The first kappa shape index (κ1) is 12.1. The Balaban J connectivity index is 1.69. The number of rotatable bonds is 3. The topological polar surface area (TPSA) is 33.1 Å². The predicted octanol–water partition coefficient (Wildman–Crippen LogP) is 1.70. The molecule has 1 saturated heterocycles. The van der Waals surface area contributed by atoms with E-state index in [0.717, 1.165) is 49.3 Å². The molecule has 1 aliphatic heterocycles. The lowest BCUT2D eigenvalue weighted by Gasteiger charge is -2.26. The maximum Gasteiger partial charge on any atom is 0.0934 e. The number of hydrogen-bond acceptors (Lipinski definition) is 3. The largest absolute Gasteiger partial charge is 0.314 e. The van der Waals surface area contributed by atoms with Crippen molar-refractivity contribution in [2.45, 2.75) is 6.54 Å². The van der Waals surface area contributed by atoms with Gasteiger partial charge in [-0.05, 0) is 12.1 Å². The van der Waals surface area contributed by atoms with Crippen LogP contribution in [0.1, 0.15) is 0 Å². The van der Waals surface area contributed by atoms with E-state index in [0.29, 0.717) is 0 Å². The van der Waals surface area contributed by atoms with E-state index in [2.05, 4.69) is 54.3 Å². The lowest BCUT2D eigenvalue weighted by atomic mass is 10.3. The highest BCUT2D eigenvalue weighted by Gasteiger charge is 2.10. The Kier molecular flexibility index (Phi) is 3.63. The van der Waals surface area contributed by atoms with Crippen molar-refractivity contribution < 1.29 is 0 Å². The van der Waals surface area contributed by atoms with Gasteiger partial charge in [0.15, 0.2) is 0 Å². The third-order valence-corrected chi connectivity index (χ3v) is 4.09. The van der Waals surface area contributed by atoms with Gasteiger partial charge in [-0.15, -0.1) is 0 Å². The highest BCUT2D eigenvalue weighted by Crippen LogP contribution is 2.22. The van der Waals surface area contributed by atoms with Crippen molar-refractivity contribution in [2.75, 3.05) is 32.7 Å². The molecule has 0 saturated carbocycles. The van der Waals surface area contributed by atoms with Crippen LogP contribution in [-0.4, -0.2) is 47.4 Å². The molecule has 3 rings (SSSR count). The second kappa shape index (κ2) is 5.38. The number of aromatic nitrogens is 2. The molecule has 4 nitrogen and oxygen atoms in total. The molecule has 0 bridgehead atoms. The number of nitrogens with one attached hydrogen (secondary N) is 1. The van der Waals surface area contributed by atoms with Gasteiger partial charge in [0.05, 0.1) is 12.1 Å². The van der Waals surface area contributed by atoms with E-state index in [9.17, 15) is 0 Å². The predicted molar refractivity (Wildman–Crippen MR) is 76.7 cm³/mol. The first-order valence-electron chi connectivity index (χ1n) is 6.38. The summed E-state index contributed by atoms with van der Waals surface area (Å²) < 4.78 is 3.17. The molecule has 1 N–H and O–H groups in total. The van der Waals surface area contributed by atoms with Crippen LogP contribution in [0.25, 0.3) is 10.9 Å². The number of fused-ring (bicyclic) bond motifs is 1. The van der Waals surface area contributed by atoms with Gasteiger partial charge in [0.2, 0.25) is 0 Å². The van der Waals surface area contributed by atoms with Crippen molar-refractivity contribution in [2.24, 2.45) is 0 Å². The average molecular weight is 309 g/mol. The van der Waals surface area contributed by atoms with Crippen molar-refractivity contribution in [3.05, 3.63) is 28.9 Å². The third kappa shape index (κ3) is 2.58. The molecule has 1 aromatic carbocycles. The van der Waals surface area contributed by atoms with E-state index < -0.39 is 0 Å². The van der Waals surface area contributed by atoms with Gasteiger partial charge < -0.3 is 5.32 Å². The summed E-state index contributed by atoms with van der Waals surface area (Å²) in [5.41, 5.74) is 1.06. The highest BCUT2D eigenvalue weighted by molar-refractivity contribution is 9.10. The molecule has 1 fully saturated rings. The molecule has 0 amide bonds. The molecule has 0 spiro atoms. The summed E-state index contributed by atoms with van der Waals surface area (Å²) in [6.07, 6.45) is 2.13. The van der Waals surface area contributed by atoms with Crippen LogP contribution in [0, 0.1) is 0 Å². The molecule has 0 atom stereocenters. The Bertz CT molecular complexity index is 531. The summed E-state index contributed by atoms with van der Waals surface area (Å²) in [4.78, 5) is 2.48. The van der Waals surface area contributed by atoms with E-state index in [1.165, 1.54) is 5.39 Å². The maximum atomic E-state index is 4.60. The van der Waals surface area contributed by atoms with Gasteiger partial charge in [0.25, 0.3) is 0 Å². The minimum Gasteiger partial charge on any atom is -0.314 e. The molecule has 96 valence electrons. The number of piperazine rings is 1. The van der Waals surface area contributed by atoms with Crippen LogP contribution in [0.2, 0.25) is 0 Å². The lowest BCUT2D eigenvalue weighted by Crippen LogP contribution is -2.44. The van der Waals surface area contributed by atoms with E-state index >= 15 is 0 Å². The highest BCUT2D eigenvalue weighted by atomic mass is 79.9. The van der Waals surface area contributed by atoms with Gasteiger partial charge in [-0.1, -0.05) is 22.0 Å². The van der Waals surface area contributed by atoms with E-state index in [4.69, 9.17) is 0 Å². The van der Waals surface area contributed by atoms with E-state index in [1.54, 1.807) is 0 Å². The van der Waals surface area contributed by atoms with Gasteiger partial charge >= 0.3 is 0 Å². The molecule has 0 unspecified atom stereocenters. The van der Waals surface area contributed by atoms with Crippen LogP contribution in [0.4, 0.5) is 0 Å². The number of benzene rings is 1. The van der Waals surface area contributed by atoms with Crippen molar-refractivity contribution in [3.63, 3.8) is 0 Å². The SMILES string of the molecule is Brc1cccc2nn(CCN3CCNCC3)cc12. The summed E-state index contributed by atoms with van der Waals surface area (Å²) in [6.45, 7) is 6.53. The van der Waals surface area contributed by atoms with E-state index in [-0.39, 0.29) is 0 Å². The second-order valence-corrected chi connectivity index (χ2v) is 5.51. The fourth-order valence-corrected chi connectivity index (χ4v) is 2.81. The summed E-state index contributed by atoms with van der Waals surface area (Å²) in [6, 6.07) is 6.14. The summed E-state index contributed by atoms with van der Waals surface area (Å²) >= 11 is 3.57. The average Bonchev–Trinajstić information content (AvgIpc) is 2.82. The van der Waals surface area contributed by atoms with Gasteiger partial charge in [-0.2, -0.15) is 5.10 Å². The van der Waals surface area contributed by atoms with Crippen LogP contribution < -0.4 is 5.32 Å². The molecule has 0 aliphatic carbocycles. The first-order chi connectivity index (χ1) is 8.83. The lowest BCUT2D eigenvalue weighted by molar-refractivity contribution is 0.229. The quantitative estimate of drug-likeness (QED) is 0.937. The summed E-state index contributed by atoms with van der Waals surface area (Å²) in [7, 11) is 0. The monoisotopic (exact) mass is 308 g/mol. The standard InChI is InChI=1S/C13H17BrN4/c14-12-2-1-3-13-11(12)10-18(16-13)9-8-17-6-4-15-5-7-17/h1-3,10,15H,4-9H2. The molecule has 1 aliphatic rings. The first-order valence-corrected chi connectivity index (χ1v) is 7.17. The van der Waals surface area contributed by atoms with Crippen LogP contribution in [0.15, 0.2) is 28.9 Å². The smallest absolute Gasteiger partial charge is 0.0934 e. The van der Waals surface area contributed by atoms with Crippen molar-refractivity contribution >= 4 is 26.8 Å². The second-order valence-electron chi connectivity index (χ2n) is 4.66. The van der Waals surface area contributed by atoms with Crippen molar-refractivity contribution in [1.29, 1.82) is 0 Å². The molecule has 18 heavy (non-hydrogen) atoms. The number of halogens is 1. The molecular formula is C13H17BrN4. The Hall–Kier alpha value is -0.910.